The molecule has 0 saturated carbocycles. The minimum absolute atomic E-state index is 0.00765. The van der Waals surface area contributed by atoms with Crippen molar-refractivity contribution < 1.29 is 33.9 Å². The second-order valence-corrected chi connectivity index (χ2v) is 12.5. The van der Waals surface area contributed by atoms with Crippen LogP contribution in [-0.4, -0.2) is 68.4 Å². The molecule has 2 aliphatic rings. The number of oxime groups is 1. The van der Waals surface area contributed by atoms with Gasteiger partial charge in [-0.3, -0.25) is 24.3 Å². The van der Waals surface area contributed by atoms with Gasteiger partial charge >= 0.3 is 11.9 Å². The fourth-order valence-electron chi connectivity index (χ4n) is 3.96. The number of nitrogens with two attached hydrogens (primary N) is 1. The number of fused-ring (bicyclic) bond motifs is 1. The molecule has 0 spiro atoms. The number of hydrogen-bond donors (Lipinski definition) is 3. The summed E-state index contributed by atoms with van der Waals surface area (Å²) in [6, 6.07) is 1.90. The Morgan fingerprint density at radius 3 is 2.60 bits per heavy atom. The molecule has 2 aromatic rings. The van der Waals surface area contributed by atoms with E-state index in [0.717, 1.165) is 16.2 Å². The van der Waals surface area contributed by atoms with E-state index >= 15 is 0 Å². The summed E-state index contributed by atoms with van der Waals surface area (Å²) in [5.74, 6) is -2.89. The van der Waals surface area contributed by atoms with Crippen molar-refractivity contribution in [2.75, 3.05) is 12.5 Å². The molecule has 0 bridgehead atoms. The molecule has 212 valence electrons. The number of thioether (sulfide) groups is 1. The van der Waals surface area contributed by atoms with Gasteiger partial charge in [0.15, 0.2) is 10.8 Å². The maximum atomic E-state index is 13.3. The van der Waals surface area contributed by atoms with E-state index in [2.05, 4.69) is 20.4 Å². The van der Waals surface area contributed by atoms with E-state index < -0.39 is 53.8 Å². The van der Waals surface area contributed by atoms with Gasteiger partial charge in [0, 0.05) is 22.2 Å². The minimum Gasteiger partial charge on any atom is -0.427 e. The molecule has 4 rings (SSSR count). The number of nitrogen functional groups attached to an aromatic ring is 1. The fourth-order valence-corrected chi connectivity index (χ4v) is 5.93. The molecule has 2 aliphatic heterocycles. The quantitative estimate of drug-likeness (QED) is 0.0998. The van der Waals surface area contributed by atoms with Crippen molar-refractivity contribution in [1.29, 1.82) is 0 Å². The van der Waals surface area contributed by atoms with Gasteiger partial charge in [0.1, 0.15) is 21.8 Å². The number of carbonyl (C=O) groups excluding carboxylic acids is 4. The normalized spacial score (nSPS) is 19.1. The number of halogens is 1. The topological polar surface area (TPSA) is 186 Å². The lowest BCUT2D eigenvalue weighted by molar-refractivity contribution is -0.174. The first-order valence-corrected chi connectivity index (χ1v) is 13.9. The molecular formula is C24H25ClN6O7S2. The molecule has 0 aliphatic carbocycles. The number of anilines is 1. The highest BCUT2D eigenvalue weighted by atomic mass is 35.5. The van der Waals surface area contributed by atoms with Gasteiger partial charge in [0.2, 0.25) is 6.79 Å². The highest BCUT2D eigenvalue weighted by Gasteiger charge is 2.54. The second kappa shape index (κ2) is 11.8. The predicted molar refractivity (Wildman–Crippen MR) is 145 cm³/mol. The summed E-state index contributed by atoms with van der Waals surface area (Å²) in [5.41, 5.74) is 4.18. The van der Waals surface area contributed by atoms with Crippen LogP contribution < -0.4 is 11.1 Å². The van der Waals surface area contributed by atoms with E-state index in [9.17, 15) is 24.4 Å². The molecule has 2 amide bonds. The molecule has 2 unspecified atom stereocenters. The van der Waals surface area contributed by atoms with Crippen LogP contribution >= 0.6 is 34.7 Å². The van der Waals surface area contributed by atoms with Crippen LogP contribution in [0.5, 0.6) is 0 Å². The molecule has 2 atom stereocenters. The lowest BCUT2D eigenvalue weighted by Gasteiger charge is -2.50. The first kappa shape index (κ1) is 29.3. The molecule has 1 saturated heterocycles. The van der Waals surface area contributed by atoms with Crippen molar-refractivity contribution in [1.82, 2.24) is 20.2 Å². The second-order valence-electron chi connectivity index (χ2n) is 9.68. The number of esters is 2. The van der Waals surface area contributed by atoms with Gasteiger partial charge in [-0.25, -0.2) is 9.78 Å². The number of rotatable bonds is 8. The first-order valence-electron chi connectivity index (χ1n) is 11.9. The van der Waals surface area contributed by atoms with E-state index in [1.165, 1.54) is 16.7 Å². The van der Waals surface area contributed by atoms with Crippen molar-refractivity contribution in [2.24, 2.45) is 10.6 Å². The van der Waals surface area contributed by atoms with Crippen LogP contribution in [0.3, 0.4) is 0 Å². The van der Waals surface area contributed by atoms with Gasteiger partial charge in [0.25, 0.3) is 11.8 Å². The SMILES string of the molecule is CC(C)(C)C(=O)OCOC(=O)C1=C(Sc2ccncc2)CCC2C(NC(=O)/C(=N\O)c3nc(N)sc3Cl)C(=O)N12. The van der Waals surface area contributed by atoms with Crippen molar-refractivity contribution >= 4 is 69.3 Å². The summed E-state index contributed by atoms with van der Waals surface area (Å²) in [6.07, 6.45) is 3.99. The zero-order valence-electron chi connectivity index (χ0n) is 21.5. The number of thiazole rings is 1. The van der Waals surface area contributed by atoms with Crippen molar-refractivity contribution in [3.63, 3.8) is 0 Å². The standard InChI is InChI=1S/C24H25ClN6O7S2/c1-24(2,3)22(35)38-10-37-21(34)17-13(39-11-6-8-27-9-7-11)5-4-12-14(20(33)31(12)17)28-19(32)16(30-36)15-18(25)40-23(26)29-15/h6-9,12,14,36H,4-5,10H2,1-3H3,(H2,26,29)(H,28,32)/b30-16-. The molecule has 2 aromatic heterocycles. The Morgan fingerprint density at radius 1 is 1.30 bits per heavy atom. The number of ether oxygens (including phenoxy) is 2. The van der Waals surface area contributed by atoms with E-state index in [0.29, 0.717) is 17.7 Å². The molecule has 40 heavy (non-hydrogen) atoms. The number of allylic oxidation sites excluding steroid dienone is 1. The number of β-lactam (4-membered cyclic amide) rings is 1. The van der Waals surface area contributed by atoms with Crippen LogP contribution in [0, 0.1) is 5.41 Å². The van der Waals surface area contributed by atoms with Gasteiger partial charge < -0.3 is 25.7 Å². The monoisotopic (exact) mass is 608 g/mol. The third-order valence-corrected chi connectivity index (χ3v) is 8.13. The Balaban J connectivity index is 1.53. The number of nitrogens with one attached hydrogen (secondary N) is 1. The van der Waals surface area contributed by atoms with Gasteiger partial charge in [-0.15, -0.1) is 0 Å². The average Bonchev–Trinajstić information content (AvgIpc) is 3.24. The van der Waals surface area contributed by atoms with E-state index in [4.69, 9.17) is 26.8 Å². The fraction of sp³-hybridized carbons (Fsp3) is 0.375. The summed E-state index contributed by atoms with van der Waals surface area (Å²) >= 11 is 8.21. The molecular weight excluding hydrogens is 584 g/mol. The Labute approximate surface area is 241 Å². The Morgan fingerprint density at radius 2 is 2.00 bits per heavy atom. The van der Waals surface area contributed by atoms with Crippen LogP contribution in [0.4, 0.5) is 5.13 Å². The van der Waals surface area contributed by atoms with Crippen LogP contribution in [0.25, 0.3) is 0 Å². The van der Waals surface area contributed by atoms with Gasteiger partial charge in [-0.2, -0.15) is 0 Å². The van der Waals surface area contributed by atoms with E-state index in [-0.39, 0.29) is 20.9 Å². The predicted octanol–water partition coefficient (Wildman–Crippen LogP) is 2.54. The summed E-state index contributed by atoms with van der Waals surface area (Å²) in [7, 11) is 0. The number of aromatic nitrogens is 2. The minimum atomic E-state index is -1.02. The zero-order chi connectivity index (χ0) is 29.2. The Bertz CT molecular complexity index is 1410. The molecule has 16 heteroatoms. The van der Waals surface area contributed by atoms with Crippen molar-refractivity contribution in [2.45, 2.75) is 50.6 Å². The van der Waals surface area contributed by atoms with E-state index in [1.807, 2.05) is 0 Å². The van der Waals surface area contributed by atoms with Crippen LogP contribution in [0.15, 0.2) is 45.2 Å². The molecule has 13 nitrogen and oxygen atoms in total. The highest BCUT2D eigenvalue weighted by Crippen LogP contribution is 2.43. The van der Waals surface area contributed by atoms with Gasteiger partial charge in [0.05, 0.1) is 11.5 Å². The van der Waals surface area contributed by atoms with Gasteiger partial charge in [-0.05, 0) is 45.7 Å². The average molecular weight is 609 g/mol. The third-order valence-electron chi connectivity index (χ3n) is 5.90. The summed E-state index contributed by atoms with van der Waals surface area (Å²) in [5, 5.41) is 15.0. The summed E-state index contributed by atoms with van der Waals surface area (Å²) in [4.78, 5) is 62.0. The van der Waals surface area contributed by atoms with Crippen molar-refractivity contribution in [3.05, 3.63) is 45.2 Å². The highest BCUT2D eigenvalue weighted by molar-refractivity contribution is 8.03. The number of hydrogen-bond acceptors (Lipinski definition) is 13. The van der Waals surface area contributed by atoms with Crippen molar-refractivity contribution in [3.8, 4) is 0 Å². The largest absolute Gasteiger partial charge is 0.427 e. The van der Waals surface area contributed by atoms with Crippen LogP contribution in [0.2, 0.25) is 4.34 Å². The molecule has 1 fully saturated rings. The third kappa shape index (κ3) is 6.05. The zero-order valence-corrected chi connectivity index (χ0v) is 23.9. The molecule has 0 aromatic carbocycles. The Hall–Kier alpha value is -3.69. The van der Waals surface area contributed by atoms with Gasteiger partial charge in [-0.1, -0.05) is 39.9 Å². The number of pyridine rings is 1. The maximum absolute atomic E-state index is 13.3. The van der Waals surface area contributed by atoms with E-state index in [1.54, 1.807) is 45.3 Å². The maximum Gasteiger partial charge on any atom is 0.358 e. The smallest absolute Gasteiger partial charge is 0.358 e. The molecule has 4 N–H and O–H groups in total. The van der Waals surface area contributed by atoms with Crippen LogP contribution in [0.1, 0.15) is 39.3 Å². The summed E-state index contributed by atoms with van der Waals surface area (Å²) in [6.45, 7) is 4.34. The lowest BCUT2D eigenvalue weighted by Crippen LogP contribution is -2.72. The lowest BCUT2D eigenvalue weighted by atomic mass is 9.86. The first-order chi connectivity index (χ1) is 18.9. The summed E-state index contributed by atoms with van der Waals surface area (Å²) < 4.78 is 10.3. The van der Waals surface area contributed by atoms with Crippen LogP contribution in [-0.2, 0) is 28.7 Å². The Kier molecular flexibility index (Phi) is 8.65. The number of carbonyl (C=O) groups is 4. The molecule has 4 heterocycles. The number of nitrogens with zero attached hydrogens (tertiary/aromatic N) is 4. The molecule has 0 radical (unpaired) electrons. The number of amides is 2.